The number of hydrogen-bond donors (Lipinski definition) is 1. The van der Waals surface area contributed by atoms with E-state index in [9.17, 15) is 9.59 Å². The van der Waals surface area contributed by atoms with E-state index in [0.29, 0.717) is 5.57 Å². The third-order valence-electron chi connectivity index (χ3n) is 1.58. The maximum absolute atomic E-state index is 11.0. The van der Waals surface area contributed by atoms with Gasteiger partial charge in [-0.05, 0) is 13.3 Å². The summed E-state index contributed by atoms with van der Waals surface area (Å²) >= 11 is 0. The number of unbranched alkanes of at least 4 members (excludes halogenated alkanes) is 1. The Bertz CT molecular complexity index is 300. The summed E-state index contributed by atoms with van der Waals surface area (Å²) in [5.74, 6) is -0.485. The highest BCUT2D eigenvalue weighted by atomic mass is 16.7. The minimum Gasteiger partial charge on any atom is -0.460 e. The molecule has 0 aliphatic rings. The van der Waals surface area contributed by atoms with Crippen molar-refractivity contribution in [3.05, 3.63) is 12.2 Å². The van der Waals surface area contributed by atoms with Gasteiger partial charge in [0.1, 0.15) is 6.61 Å². The van der Waals surface area contributed by atoms with Gasteiger partial charge >= 0.3 is 12.1 Å². The normalized spacial score (nSPS) is 10.0. The molecular weight excluding hydrogens is 224 g/mol. The lowest BCUT2D eigenvalue weighted by atomic mass is 10.4. The molecule has 0 aliphatic heterocycles. The summed E-state index contributed by atoms with van der Waals surface area (Å²) in [6.45, 7) is 7.19. The minimum absolute atomic E-state index is 0.0689. The zero-order chi connectivity index (χ0) is 13.1. The molecule has 6 heteroatoms. The predicted molar refractivity (Wildman–Crippen MR) is 63.7 cm³/mol. The van der Waals surface area contributed by atoms with E-state index in [1.165, 1.54) is 6.21 Å². The second-order valence-electron chi connectivity index (χ2n) is 3.30. The van der Waals surface area contributed by atoms with Crippen LogP contribution in [0.5, 0.6) is 0 Å². The van der Waals surface area contributed by atoms with Crippen LogP contribution in [0, 0.1) is 0 Å². The molecular formula is C11H18N2O4. The lowest BCUT2D eigenvalue weighted by Crippen LogP contribution is -2.27. The van der Waals surface area contributed by atoms with Gasteiger partial charge in [-0.25, -0.2) is 9.59 Å². The third kappa shape index (κ3) is 9.10. The summed E-state index contributed by atoms with van der Waals surface area (Å²) in [5, 5.41) is 5.82. The molecule has 0 saturated carbocycles. The van der Waals surface area contributed by atoms with E-state index in [2.05, 4.69) is 21.9 Å². The largest absolute Gasteiger partial charge is 0.460 e. The van der Waals surface area contributed by atoms with Crippen molar-refractivity contribution < 1.29 is 19.2 Å². The highest BCUT2D eigenvalue weighted by Crippen LogP contribution is 1.90. The van der Waals surface area contributed by atoms with Gasteiger partial charge in [0.25, 0.3) is 0 Å². The quantitative estimate of drug-likeness (QED) is 0.184. The van der Waals surface area contributed by atoms with E-state index in [4.69, 9.17) is 4.74 Å². The molecule has 0 atom stereocenters. The zero-order valence-electron chi connectivity index (χ0n) is 10.2. The molecule has 0 radical (unpaired) electrons. The van der Waals surface area contributed by atoms with Crippen LogP contribution >= 0.6 is 0 Å². The van der Waals surface area contributed by atoms with E-state index in [1.807, 2.05) is 6.92 Å². The van der Waals surface area contributed by atoms with Crippen molar-refractivity contribution in [2.75, 3.05) is 13.2 Å². The van der Waals surface area contributed by atoms with Crippen LogP contribution in [0.1, 0.15) is 26.7 Å². The Morgan fingerprint density at radius 1 is 1.47 bits per heavy atom. The average Bonchev–Trinajstić information content (AvgIpc) is 2.29. The smallest absolute Gasteiger partial charge is 0.433 e. The van der Waals surface area contributed by atoms with Gasteiger partial charge in [0, 0.05) is 11.8 Å². The van der Waals surface area contributed by atoms with E-state index in [-0.39, 0.29) is 13.2 Å². The van der Waals surface area contributed by atoms with Crippen LogP contribution in [0.4, 0.5) is 4.79 Å². The second kappa shape index (κ2) is 9.38. The Morgan fingerprint density at radius 2 is 2.18 bits per heavy atom. The highest BCUT2D eigenvalue weighted by Gasteiger charge is 2.03. The standard InChI is InChI=1S/C11H18N2O4/c1-4-5-6-13-17-11(15)12-7-8-16-10(14)9(2)3/h6H,2,4-5,7-8H2,1,3H3,(H,12,15). The average molecular weight is 242 g/mol. The molecule has 0 unspecified atom stereocenters. The molecule has 17 heavy (non-hydrogen) atoms. The molecule has 0 rings (SSSR count). The van der Waals surface area contributed by atoms with Crippen molar-refractivity contribution in [2.45, 2.75) is 26.7 Å². The first-order valence-corrected chi connectivity index (χ1v) is 5.37. The van der Waals surface area contributed by atoms with Crippen molar-refractivity contribution in [1.29, 1.82) is 0 Å². The van der Waals surface area contributed by atoms with Gasteiger partial charge in [0.2, 0.25) is 0 Å². The Hall–Kier alpha value is -1.85. The van der Waals surface area contributed by atoms with Crippen LogP contribution in [-0.4, -0.2) is 31.4 Å². The van der Waals surface area contributed by atoms with Gasteiger partial charge in [-0.2, -0.15) is 0 Å². The first kappa shape index (κ1) is 15.2. The van der Waals surface area contributed by atoms with Crippen molar-refractivity contribution in [2.24, 2.45) is 5.16 Å². The molecule has 0 aliphatic carbocycles. The van der Waals surface area contributed by atoms with Crippen molar-refractivity contribution in [1.82, 2.24) is 5.32 Å². The fourth-order valence-corrected chi connectivity index (χ4v) is 0.719. The lowest BCUT2D eigenvalue weighted by molar-refractivity contribution is -0.138. The molecule has 1 amide bonds. The number of ether oxygens (including phenoxy) is 1. The van der Waals surface area contributed by atoms with Gasteiger partial charge in [0.05, 0.1) is 6.54 Å². The molecule has 0 aromatic heterocycles. The van der Waals surface area contributed by atoms with Gasteiger partial charge < -0.3 is 10.1 Å². The molecule has 0 aromatic rings. The van der Waals surface area contributed by atoms with E-state index < -0.39 is 12.1 Å². The number of nitrogens with zero attached hydrogens (tertiary/aromatic N) is 1. The number of esters is 1. The Kier molecular flexibility index (Phi) is 8.36. The Labute approximate surface area is 101 Å². The monoisotopic (exact) mass is 242 g/mol. The molecule has 0 saturated heterocycles. The molecule has 6 nitrogen and oxygen atoms in total. The van der Waals surface area contributed by atoms with Crippen LogP contribution in [0.3, 0.4) is 0 Å². The number of oxime groups is 1. The number of rotatable bonds is 7. The van der Waals surface area contributed by atoms with Gasteiger partial charge in [-0.1, -0.05) is 25.1 Å². The fraction of sp³-hybridized carbons (Fsp3) is 0.545. The first-order valence-electron chi connectivity index (χ1n) is 5.37. The van der Waals surface area contributed by atoms with E-state index in [0.717, 1.165) is 12.8 Å². The number of nitrogens with one attached hydrogen (secondary N) is 1. The first-order chi connectivity index (χ1) is 8.07. The fourth-order valence-electron chi connectivity index (χ4n) is 0.719. The highest BCUT2D eigenvalue weighted by molar-refractivity contribution is 5.86. The van der Waals surface area contributed by atoms with Crippen molar-refractivity contribution >= 4 is 18.3 Å². The number of amides is 1. The van der Waals surface area contributed by atoms with Crippen LogP contribution in [0.15, 0.2) is 17.3 Å². The maximum atomic E-state index is 11.0. The summed E-state index contributed by atoms with van der Waals surface area (Å²) in [7, 11) is 0. The SMILES string of the molecule is C=C(C)C(=O)OCCNC(=O)ON=CCCC. The van der Waals surface area contributed by atoms with Crippen LogP contribution in [0.25, 0.3) is 0 Å². The molecule has 0 spiro atoms. The second-order valence-corrected chi connectivity index (χ2v) is 3.30. The lowest BCUT2D eigenvalue weighted by Gasteiger charge is -2.04. The molecule has 0 heterocycles. The van der Waals surface area contributed by atoms with Crippen LogP contribution in [-0.2, 0) is 14.4 Å². The molecule has 0 bridgehead atoms. The van der Waals surface area contributed by atoms with Crippen molar-refractivity contribution in [3.8, 4) is 0 Å². The summed E-state index contributed by atoms with van der Waals surface area (Å²) in [6.07, 6.45) is 2.53. The minimum atomic E-state index is -0.677. The summed E-state index contributed by atoms with van der Waals surface area (Å²) in [5.41, 5.74) is 0.316. The van der Waals surface area contributed by atoms with Gasteiger partial charge in [-0.3, -0.25) is 4.84 Å². The van der Waals surface area contributed by atoms with E-state index >= 15 is 0 Å². The molecule has 0 aromatic carbocycles. The maximum Gasteiger partial charge on any atom is 0.433 e. The number of hydrogen-bond acceptors (Lipinski definition) is 5. The van der Waals surface area contributed by atoms with Gasteiger partial charge in [-0.15, -0.1) is 0 Å². The zero-order valence-corrected chi connectivity index (χ0v) is 10.2. The van der Waals surface area contributed by atoms with Crippen molar-refractivity contribution in [3.63, 3.8) is 0 Å². The summed E-state index contributed by atoms with van der Waals surface area (Å²) < 4.78 is 4.75. The predicted octanol–water partition coefficient (Wildman–Crippen LogP) is 1.62. The topological polar surface area (TPSA) is 77.0 Å². The van der Waals surface area contributed by atoms with E-state index in [1.54, 1.807) is 6.92 Å². The molecule has 0 fully saturated rings. The van der Waals surface area contributed by atoms with Crippen LogP contribution in [0.2, 0.25) is 0 Å². The summed E-state index contributed by atoms with van der Waals surface area (Å²) in [4.78, 5) is 26.4. The number of carbonyl (C=O) groups is 2. The Balaban J connectivity index is 3.52. The number of carbonyl (C=O) groups excluding carboxylic acids is 2. The Morgan fingerprint density at radius 3 is 2.76 bits per heavy atom. The molecule has 1 N–H and O–H groups in total. The summed E-state index contributed by atoms with van der Waals surface area (Å²) in [6, 6.07) is 0. The molecule has 96 valence electrons. The third-order valence-corrected chi connectivity index (χ3v) is 1.58. The van der Waals surface area contributed by atoms with Gasteiger partial charge in [0.15, 0.2) is 0 Å². The van der Waals surface area contributed by atoms with Crippen LogP contribution < -0.4 is 5.32 Å².